The second-order valence-corrected chi connectivity index (χ2v) is 6.07. The minimum Gasteiger partial charge on any atom is -0.336 e. The van der Waals surface area contributed by atoms with Gasteiger partial charge >= 0.3 is 6.03 Å². The summed E-state index contributed by atoms with van der Waals surface area (Å²) in [6.07, 6.45) is 4.60. The van der Waals surface area contributed by atoms with Gasteiger partial charge in [-0.3, -0.25) is 9.78 Å². The molecule has 6 nitrogen and oxygen atoms in total. The van der Waals surface area contributed by atoms with Gasteiger partial charge in [0, 0.05) is 44.1 Å². The number of nitrogens with zero attached hydrogens (tertiary/aromatic N) is 3. The van der Waals surface area contributed by atoms with E-state index in [1.165, 1.54) is 0 Å². The van der Waals surface area contributed by atoms with Crippen LogP contribution in [-0.4, -0.2) is 58.9 Å². The van der Waals surface area contributed by atoms with E-state index in [4.69, 9.17) is 0 Å². The molecule has 0 aliphatic carbocycles. The zero-order valence-electron chi connectivity index (χ0n) is 12.9. The molecule has 118 valence electrons. The van der Waals surface area contributed by atoms with Crippen LogP contribution in [0.4, 0.5) is 4.79 Å². The van der Waals surface area contributed by atoms with Gasteiger partial charge in [0.25, 0.3) is 5.91 Å². The van der Waals surface area contributed by atoms with Crippen molar-refractivity contribution >= 4 is 11.9 Å². The standard InChI is InChI=1S/C16H22N4O2/c1-12-4-5-13(10-17-12)15(21)20-9-6-14(11-20)18-16(22)19-7-2-3-8-19/h4-5,10,14H,2-3,6-9,11H2,1H3,(H,18,22)/t14-/m1/s1. The first-order chi connectivity index (χ1) is 10.6. The molecule has 3 rings (SSSR count). The third-order valence-electron chi connectivity index (χ3n) is 4.35. The van der Waals surface area contributed by atoms with Crippen LogP contribution in [0.1, 0.15) is 35.3 Å². The molecule has 0 radical (unpaired) electrons. The molecular weight excluding hydrogens is 280 g/mol. The maximum Gasteiger partial charge on any atom is 0.317 e. The number of amides is 3. The van der Waals surface area contributed by atoms with Crippen LogP contribution in [0.15, 0.2) is 18.3 Å². The van der Waals surface area contributed by atoms with E-state index in [1.54, 1.807) is 17.2 Å². The van der Waals surface area contributed by atoms with Crippen molar-refractivity contribution in [1.82, 2.24) is 20.1 Å². The summed E-state index contributed by atoms with van der Waals surface area (Å²) >= 11 is 0. The smallest absolute Gasteiger partial charge is 0.317 e. The van der Waals surface area contributed by atoms with Crippen molar-refractivity contribution in [3.05, 3.63) is 29.6 Å². The minimum absolute atomic E-state index is 0.00815. The molecule has 6 heteroatoms. The predicted molar refractivity (Wildman–Crippen MR) is 82.6 cm³/mol. The summed E-state index contributed by atoms with van der Waals surface area (Å²) in [4.78, 5) is 32.3. The first-order valence-corrected chi connectivity index (χ1v) is 7.91. The van der Waals surface area contributed by atoms with Crippen molar-refractivity contribution < 1.29 is 9.59 Å². The van der Waals surface area contributed by atoms with Gasteiger partial charge in [-0.25, -0.2) is 4.79 Å². The van der Waals surface area contributed by atoms with Gasteiger partial charge in [-0.05, 0) is 38.3 Å². The van der Waals surface area contributed by atoms with Crippen molar-refractivity contribution in [2.45, 2.75) is 32.2 Å². The average Bonchev–Trinajstić information content (AvgIpc) is 3.19. The summed E-state index contributed by atoms with van der Waals surface area (Å²) in [6, 6.07) is 3.71. The Morgan fingerprint density at radius 2 is 1.95 bits per heavy atom. The molecule has 1 N–H and O–H groups in total. The molecule has 3 amide bonds. The Kier molecular flexibility index (Phi) is 4.27. The Bertz CT molecular complexity index is 552. The van der Waals surface area contributed by atoms with Gasteiger partial charge < -0.3 is 15.1 Å². The van der Waals surface area contributed by atoms with E-state index in [0.29, 0.717) is 18.7 Å². The van der Waals surface area contributed by atoms with Crippen LogP contribution >= 0.6 is 0 Å². The average molecular weight is 302 g/mol. The third-order valence-corrected chi connectivity index (χ3v) is 4.35. The van der Waals surface area contributed by atoms with E-state index in [-0.39, 0.29) is 18.0 Å². The van der Waals surface area contributed by atoms with Crippen LogP contribution in [0.3, 0.4) is 0 Å². The molecule has 1 aromatic heterocycles. The molecule has 2 fully saturated rings. The van der Waals surface area contributed by atoms with E-state index < -0.39 is 0 Å². The number of rotatable bonds is 2. The largest absolute Gasteiger partial charge is 0.336 e. The van der Waals surface area contributed by atoms with Crippen LogP contribution in [0.2, 0.25) is 0 Å². The number of carbonyl (C=O) groups excluding carboxylic acids is 2. The van der Waals surface area contributed by atoms with Crippen LogP contribution in [0, 0.1) is 6.92 Å². The lowest BCUT2D eigenvalue weighted by Crippen LogP contribution is -2.45. The molecule has 2 aliphatic heterocycles. The van der Waals surface area contributed by atoms with Crippen molar-refractivity contribution in [1.29, 1.82) is 0 Å². The Balaban J connectivity index is 1.54. The number of nitrogens with one attached hydrogen (secondary N) is 1. The van der Waals surface area contributed by atoms with Crippen LogP contribution in [-0.2, 0) is 0 Å². The van der Waals surface area contributed by atoms with E-state index in [9.17, 15) is 9.59 Å². The van der Waals surface area contributed by atoms with Crippen molar-refractivity contribution in [3.8, 4) is 0 Å². The zero-order valence-corrected chi connectivity index (χ0v) is 12.9. The maximum absolute atomic E-state index is 12.4. The summed E-state index contributed by atoms with van der Waals surface area (Å²) < 4.78 is 0. The van der Waals surface area contributed by atoms with Crippen molar-refractivity contribution in [2.75, 3.05) is 26.2 Å². The summed E-state index contributed by atoms with van der Waals surface area (Å²) in [7, 11) is 0. The topological polar surface area (TPSA) is 65.5 Å². The van der Waals surface area contributed by atoms with Gasteiger partial charge in [-0.2, -0.15) is 0 Å². The van der Waals surface area contributed by atoms with Crippen molar-refractivity contribution in [3.63, 3.8) is 0 Å². The number of pyridine rings is 1. The Morgan fingerprint density at radius 1 is 1.18 bits per heavy atom. The number of aromatic nitrogens is 1. The molecule has 0 saturated carbocycles. The van der Waals surface area contributed by atoms with Crippen LogP contribution in [0.5, 0.6) is 0 Å². The third kappa shape index (κ3) is 3.21. The summed E-state index contributed by atoms with van der Waals surface area (Å²) in [6.45, 7) is 4.84. The highest BCUT2D eigenvalue weighted by atomic mass is 16.2. The van der Waals surface area contributed by atoms with E-state index in [2.05, 4.69) is 10.3 Å². The molecular formula is C16H22N4O2. The monoisotopic (exact) mass is 302 g/mol. The van der Waals surface area contributed by atoms with E-state index >= 15 is 0 Å². The van der Waals surface area contributed by atoms with Crippen molar-refractivity contribution in [2.24, 2.45) is 0 Å². The van der Waals surface area contributed by atoms with Gasteiger partial charge in [-0.15, -0.1) is 0 Å². The Hall–Kier alpha value is -2.11. The van der Waals surface area contributed by atoms with Gasteiger partial charge in [0.15, 0.2) is 0 Å². The van der Waals surface area contributed by atoms with Gasteiger partial charge in [0.05, 0.1) is 5.56 Å². The highest BCUT2D eigenvalue weighted by Gasteiger charge is 2.29. The lowest BCUT2D eigenvalue weighted by Gasteiger charge is -2.20. The zero-order chi connectivity index (χ0) is 15.5. The number of hydrogen-bond acceptors (Lipinski definition) is 3. The normalized spacial score (nSPS) is 21.2. The highest BCUT2D eigenvalue weighted by molar-refractivity contribution is 5.94. The Labute approximate surface area is 130 Å². The molecule has 0 aromatic carbocycles. The summed E-state index contributed by atoms with van der Waals surface area (Å²) in [5.74, 6) is -0.00887. The van der Waals surface area contributed by atoms with E-state index in [1.807, 2.05) is 17.9 Å². The second kappa shape index (κ2) is 6.34. The van der Waals surface area contributed by atoms with E-state index in [0.717, 1.165) is 38.0 Å². The molecule has 22 heavy (non-hydrogen) atoms. The Morgan fingerprint density at radius 3 is 2.64 bits per heavy atom. The minimum atomic E-state index is -0.00887. The molecule has 0 spiro atoms. The molecule has 0 unspecified atom stereocenters. The molecule has 1 atom stereocenters. The number of urea groups is 1. The summed E-state index contributed by atoms with van der Waals surface area (Å²) in [5.41, 5.74) is 1.51. The first-order valence-electron chi connectivity index (χ1n) is 7.91. The predicted octanol–water partition coefficient (Wildman–Crippen LogP) is 1.41. The molecule has 2 aliphatic rings. The fraction of sp³-hybridized carbons (Fsp3) is 0.562. The lowest BCUT2D eigenvalue weighted by molar-refractivity contribution is 0.0788. The van der Waals surface area contributed by atoms with Gasteiger partial charge in [0.2, 0.25) is 0 Å². The van der Waals surface area contributed by atoms with Gasteiger partial charge in [-0.1, -0.05) is 0 Å². The molecule has 3 heterocycles. The number of hydrogen-bond donors (Lipinski definition) is 1. The van der Waals surface area contributed by atoms with Gasteiger partial charge in [0.1, 0.15) is 0 Å². The molecule has 2 saturated heterocycles. The second-order valence-electron chi connectivity index (χ2n) is 6.07. The number of carbonyl (C=O) groups is 2. The fourth-order valence-corrected chi connectivity index (χ4v) is 3.03. The quantitative estimate of drug-likeness (QED) is 0.898. The lowest BCUT2D eigenvalue weighted by atomic mass is 10.2. The molecule has 1 aromatic rings. The van der Waals surface area contributed by atoms with Crippen LogP contribution < -0.4 is 5.32 Å². The highest BCUT2D eigenvalue weighted by Crippen LogP contribution is 2.15. The SMILES string of the molecule is Cc1ccc(C(=O)N2CC[C@@H](NC(=O)N3CCCC3)C2)cn1. The first kappa shape index (κ1) is 14.8. The van der Waals surface area contributed by atoms with Crippen LogP contribution in [0.25, 0.3) is 0 Å². The summed E-state index contributed by atoms with van der Waals surface area (Å²) in [5, 5.41) is 3.04. The maximum atomic E-state index is 12.4. The molecule has 0 bridgehead atoms. The fourth-order valence-electron chi connectivity index (χ4n) is 3.03. The number of likely N-dealkylation sites (tertiary alicyclic amines) is 2. The number of aryl methyl sites for hydroxylation is 1.